The van der Waals surface area contributed by atoms with Crippen LogP contribution in [0.4, 0.5) is 0 Å². The van der Waals surface area contributed by atoms with Gasteiger partial charge in [-0.25, -0.2) is 4.98 Å². The molecule has 3 nitrogen and oxygen atoms in total. The molecule has 1 aromatic rings. The van der Waals surface area contributed by atoms with Gasteiger partial charge in [0, 0.05) is 0 Å². The highest BCUT2D eigenvalue weighted by molar-refractivity contribution is 5.57. The first-order chi connectivity index (χ1) is 4.88. The molecular weight excluding hydrogens is 126 g/mol. The van der Waals surface area contributed by atoms with Crippen molar-refractivity contribution in [1.82, 2.24) is 9.97 Å². The van der Waals surface area contributed by atoms with E-state index in [0.717, 1.165) is 11.4 Å². The molecule has 0 fully saturated rings. The highest BCUT2D eigenvalue weighted by Gasteiger charge is 1.94. The van der Waals surface area contributed by atoms with Gasteiger partial charge in [0.25, 0.3) is 0 Å². The highest BCUT2D eigenvalue weighted by Crippen LogP contribution is 2.04. The lowest BCUT2D eigenvalue weighted by molar-refractivity contribution is 1.30. The third-order valence-electron chi connectivity index (χ3n) is 1.16. The van der Waals surface area contributed by atoms with Crippen LogP contribution < -0.4 is 5.73 Å². The fourth-order valence-corrected chi connectivity index (χ4v) is 0.707. The summed E-state index contributed by atoms with van der Waals surface area (Å²) >= 11 is 0. The van der Waals surface area contributed by atoms with Gasteiger partial charge in [0.2, 0.25) is 0 Å². The molecule has 3 N–H and O–H groups in total. The van der Waals surface area contributed by atoms with Gasteiger partial charge in [0.15, 0.2) is 0 Å². The standard InChI is InChI=1S/C7H9N3/c1-2-6-7(3-4-8)10-5-9-6/h2-5H,1,8H2,(H,9,10)/b4-3+. The van der Waals surface area contributed by atoms with E-state index >= 15 is 0 Å². The number of hydrogen-bond donors (Lipinski definition) is 2. The molecule has 1 rings (SSSR count). The molecule has 1 heterocycles. The predicted molar refractivity (Wildman–Crippen MR) is 41.9 cm³/mol. The number of nitrogens with zero attached hydrogens (tertiary/aromatic N) is 1. The number of imidazole rings is 1. The molecule has 0 aliphatic rings. The van der Waals surface area contributed by atoms with Crippen LogP contribution in [-0.2, 0) is 0 Å². The zero-order chi connectivity index (χ0) is 7.40. The molecule has 0 amide bonds. The van der Waals surface area contributed by atoms with Gasteiger partial charge in [-0.05, 0) is 18.4 Å². The number of nitrogens with two attached hydrogens (primary N) is 1. The van der Waals surface area contributed by atoms with Crippen molar-refractivity contribution in [3.8, 4) is 0 Å². The van der Waals surface area contributed by atoms with Crippen LogP contribution in [0.1, 0.15) is 11.4 Å². The van der Waals surface area contributed by atoms with Crippen molar-refractivity contribution in [1.29, 1.82) is 0 Å². The molecule has 0 aliphatic carbocycles. The zero-order valence-electron chi connectivity index (χ0n) is 5.54. The number of H-pyrrole nitrogens is 1. The van der Waals surface area contributed by atoms with Crippen LogP contribution >= 0.6 is 0 Å². The van der Waals surface area contributed by atoms with Crippen LogP contribution in [0.3, 0.4) is 0 Å². The zero-order valence-corrected chi connectivity index (χ0v) is 5.54. The Hall–Kier alpha value is -1.51. The van der Waals surface area contributed by atoms with Crippen LogP contribution in [0.15, 0.2) is 19.1 Å². The Kier molecular flexibility index (Phi) is 1.89. The summed E-state index contributed by atoms with van der Waals surface area (Å²) in [6.45, 7) is 3.59. The summed E-state index contributed by atoms with van der Waals surface area (Å²) < 4.78 is 0. The van der Waals surface area contributed by atoms with Crippen LogP contribution in [0.5, 0.6) is 0 Å². The Morgan fingerprint density at radius 2 is 2.50 bits per heavy atom. The molecule has 0 saturated carbocycles. The molecule has 0 saturated heterocycles. The van der Waals surface area contributed by atoms with Crippen molar-refractivity contribution in [3.63, 3.8) is 0 Å². The lowest BCUT2D eigenvalue weighted by Crippen LogP contribution is -1.80. The summed E-state index contributed by atoms with van der Waals surface area (Å²) in [5.74, 6) is 0. The fraction of sp³-hybridized carbons (Fsp3) is 0. The van der Waals surface area contributed by atoms with Crippen molar-refractivity contribution in [2.45, 2.75) is 0 Å². The quantitative estimate of drug-likeness (QED) is 0.635. The van der Waals surface area contributed by atoms with Gasteiger partial charge in [-0.1, -0.05) is 6.58 Å². The Bertz CT molecular complexity index is 247. The van der Waals surface area contributed by atoms with Crippen LogP contribution in [0.2, 0.25) is 0 Å². The van der Waals surface area contributed by atoms with E-state index in [0.29, 0.717) is 0 Å². The van der Waals surface area contributed by atoms with Gasteiger partial charge in [0.1, 0.15) is 0 Å². The highest BCUT2D eigenvalue weighted by atomic mass is 14.9. The van der Waals surface area contributed by atoms with Crippen molar-refractivity contribution in [2.75, 3.05) is 0 Å². The molecule has 0 spiro atoms. The lowest BCUT2D eigenvalue weighted by atomic mass is 10.3. The summed E-state index contributed by atoms with van der Waals surface area (Å²) in [4.78, 5) is 6.88. The molecule has 0 aromatic carbocycles. The first-order valence-corrected chi connectivity index (χ1v) is 2.92. The molecule has 0 unspecified atom stereocenters. The van der Waals surface area contributed by atoms with E-state index in [-0.39, 0.29) is 0 Å². The molecule has 0 bridgehead atoms. The van der Waals surface area contributed by atoms with Gasteiger partial charge in [-0.2, -0.15) is 0 Å². The van der Waals surface area contributed by atoms with E-state index < -0.39 is 0 Å². The van der Waals surface area contributed by atoms with E-state index in [9.17, 15) is 0 Å². The average molecular weight is 135 g/mol. The van der Waals surface area contributed by atoms with Gasteiger partial charge in [-0.3, -0.25) is 0 Å². The minimum absolute atomic E-state index is 0.821. The predicted octanol–water partition coefficient (Wildman–Crippen LogP) is 0.982. The minimum Gasteiger partial charge on any atom is -0.405 e. The molecular formula is C7H9N3. The number of hydrogen-bond acceptors (Lipinski definition) is 2. The molecule has 0 radical (unpaired) electrons. The smallest absolute Gasteiger partial charge is 0.0931 e. The molecule has 0 aliphatic heterocycles. The topological polar surface area (TPSA) is 54.7 Å². The third kappa shape index (κ3) is 1.07. The average Bonchev–Trinajstić information content (AvgIpc) is 2.36. The van der Waals surface area contributed by atoms with Gasteiger partial charge in [-0.15, -0.1) is 0 Å². The van der Waals surface area contributed by atoms with Crippen LogP contribution in [-0.4, -0.2) is 9.97 Å². The molecule has 52 valence electrons. The summed E-state index contributed by atoms with van der Waals surface area (Å²) in [5, 5.41) is 0. The van der Waals surface area contributed by atoms with Crippen molar-refractivity contribution >= 4 is 12.2 Å². The Morgan fingerprint density at radius 3 is 3.10 bits per heavy atom. The van der Waals surface area contributed by atoms with Crippen LogP contribution in [0, 0.1) is 0 Å². The number of aromatic nitrogens is 2. The lowest BCUT2D eigenvalue weighted by Gasteiger charge is -1.85. The van der Waals surface area contributed by atoms with Gasteiger partial charge in [0.05, 0.1) is 17.7 Å². The second-order valence-corrected chi connectivity index (χ2v) is 1.76. The van der Waals surface area contributed by atoms with E-state index in [1.807, 2.05) is 0 Å². The van der Waals surface area contributed by atoms with Gasteiger partial charge < -0.3 is 10.7 Å². The summed E-state index contributed by atoms with van der Waals surface area (Å²) in [6, 6.07) is 0. The normalized spacial score (nSPS) is 10.4. The van der Waals surface area contributed by atoms with Crippen molar-refractivity contribution in [3.05, 3.63) is 30.5 Å². The van der Waals surface area contributed by atoms with E-state index in [2.05, 4.69) is 16.5 Å². The number of aromatic amines is 1. The maximum absolute atomic E-state index is 5.18. The van der Waals surface area contributed by atoms with Crippen molar-refractivity contribution in [2.24, 2.45) is 5.73 Å². The maximum Gasteiger partial charge on any atom is 0.0931 e. The largest absolute Gasteiger partial charge is 0.405 e. The minimum atomic E-state index is 0.821. The SMILES string of the molecule is C=Cc1nc[nH]c1/C=C/N. The van der Waals surface area contributed by atoms with Crippen molar-refractivity contribution < 1.29 is 0 Å². The van der Waals surface area contributed by atoms with Gasteiger partial charge >= 0.3 is 0 Å². The van der Waals surface area contributed by atoms with E-state index in [1.54, 1.807) is 18.5 Å². The second kappa shape index (κ2) is 2.87. The molecule has 1 aromatic heterocycles. The Morgan fingerprint density at radius 1 is 1.70 bits per heavy atom. The van der Waals surface area contributed by atoms with Crippen LogP contribution in [0.25, 0.3) is 12.2 Å². The first kappa shape index (κ1) is 6.61. The van der Waals surface area contributed by atoms with E-state index in [4.69, 9.17) is 5.73 Å². The molecule has 3 heteroatoms. The summed E-state index contributed by atoms with van der Waals surface area (Å²) in [5.41, 5.74) is 6.89. The first-order valence-electron chi connectivity index (χ1n) is 2.92. The Balaban J connectivity index is 3.00. The number of nitrogens with one attached hydrogen (secondary N) is 1. The molecule has 0 atom stereocenters. The maximum atomic E-state index is 5.18. The third-order valence-corrected chi connectivity index (χ3v) is 1.16. The summed E-state index contributed by atoms with van der Waals surface area (Å²) in [6.07, 6.45) is 6.47. The second-order valence-electron chi connectivity index (χ2n) is 1.76. The monoisotopic (exact) mass is 135 g/mol. The fourth-order valence-electron chi connectivity index (χ4n) is 0.707. The molecule has 10 heavy (non-hydrogen) atoms. The van der Waals surface area contributed by atoms with E-state index in [1.165, 1.54) is 6.20 Å². The summed E-state index contributed by atoms with van der Waals surface area (Å²) in [7, 11) is 0. The Labute approximate surface area is 59.3 Å². The number of rotatable bonds is 2.